The predicted molar refractivity (Wildman–Crippen MR) is 106 cm³/mol. The van der Waals surface area contributed by atoms with Gasteiger partial charge in [0.1, 0.15) is 0 Å². The van der Waals surface area contributed by atoms with Crippen molar-refractivity contribution >= 4 is 58.1 Å². The van der Waals surface area contributed by atoms with E-state index in [-0.39, 0.29) is 15.7 Å². The average Bonchev–Trinajstić information content (AvgIpc) is 2.57. The maximum absolute atomic E-state index is 12.3. The number of nitrogens with zero attached hydrogens (tertiary/aromatic N) is 1. The second-order valence-electron chi connectivity index (χ2n) is 5.73. The van der Waals surface area contributed by atoms with Gasteiger partial charge in [-0.3, -0.25) is 4.79 Å². The number of ether oxygens (including phenoxy) is 1. The maximum Gasteiger partial charge on any atom is 0.338 e. The number of hydrogen-bond donors (Lipinski definition) is 1. The van der Waals surface area contributed by atoms with Crippen molar-refractivity contribution < 1.29 is 14.3 Å². The molecule has 0 aliphatic rings. The Morgan fingerprint density at radius 1 is 1.08 bits per heavy atom. The molecule has 0 saturated carbocycles. The molecule has 0 heterocycles. The molecular formula is C18H17Cl3N2O3. The van der Waals surface area contributed by atoms with Crippen LogP contribution in [0.2, 0.25) is 15.1 Å². The number of nitrogens with one attached hydrogen (secondary N) is 1. The van der Waals surface area contributed by atoms with Gasteiger partial charge in [0, 0.05) is 24.8 Å². The second-order valence-corrected chi connectivity index (χ2v) is 6.98. The molecule has 0 aromatic heterocycles. The molecule has 2 rings (SSSR count). The number of carbonyl (C=O) groups excluding carboxylic acids is 2. The zero-order valence-corrected chi connectivity index (χ0v) is 16.6. The first kappa shape index (κ1) is 20.4. The number of rotatable bonds is 5. The number of benzene rings is 2. The quantitative estimate of drug-likeness (QED) is 0.706. The Morgan fingerprint density at radius 2 is 1.69 bits per heavy atom. The predicted octanol–water partition coefficient (Wildman–Crippen LogP) is 4.90. The highest BCUT2D eigenvalue weighted by Crippen LogP contribution is 2.33. The zero-order valence-electron chi connectivity index (χ0n) is 14.3. The largest absolute Gasteiger partial charge is 0.449 e. The van der Waals surface area contributed by atoms with Crippen molar-refractivity contribution in [2.45, 2.75) is 13.0 Å². The minimum atomic E-state index is -1.05. The van der Waals surface area contributed by atoms with Gasteiger partial charge in [-0.1, -0.05) is 40.9 Å². The van der Waals surface area contributed by atoms with Gasteiger partial charge in [0.2, 0.25) is 0 Å². The van der Waals surface area contributed by atoms with Gasteiger partial charge in [0.05, 0.1) is 21.3 Å². The molecule has 1 atom stereocenters. The van der Waals surface area contributed by atoms with Crippen LogP contribution in [0.4, 0.5) is 11.4 Å². The molecule has 1 amide bonds. The van der Waals surface area contributed by atoms with E-state index in [0.717, 1.165) is 5.69 Å². The van der Waals surface area contributed by atoms with Crippen molar-refractivity contribution in [1.82, 2.24) is 0 Å². The van der Waals surface area contributed by atoms with Crippen molar-refractivity contribution in [2.24, 2.45) is 0 Å². The van der Waals surface area contributed by atoms with Crippen LogP contribution in [0.3, 0.4) is 0 Å². The summed E-state index contributed by atoms with van der Waals surface area (Å²) in [5.41, 5.74) is 1.40. The minimum Gasteiger partial charge on any atom is -0.449 e. The van der Waals surface area contributed by atoms with Crippen LogP contribution in [0.5, 0.6) is 0 Å². The summed E-state index contributed by atoms with van der Waals surface area (Å²) in [5, 5.41) is 3.27. The molecule has 0 aliphatic carbocycles. The Morgan fingerprint density at radius 3 is 2.27 bits per heavy atom. The molecule has 2 aromatic carbocycles. The van der Waals surface area contributed by atoms with Crippen molar-refractivity contribution in [1.29, 1.82) is 0 Å². The van der Waals surface area contributed by atoms with E-state index in [4.69, 9.17) is 39.5 Å². The monoisotopic (exact) mass is 414 g/mol. The van der Waals surface area contributed by atoms with E-state index < -0.39 is 18.0 Å². The first-order valence-corrected chi connectivity index (χ1v) is 8.76. The summed E-state index contributed by atoms with van der Waals surface area (Å²) in [6.45, 7) is 1.46. The van der Waals surface area contributed by atoms with E-state index in [9.17, 15) is 9.59 Å². The van der Waals surface area contributed by atoms with Crippen LogP contribution in [0.15, 0.2) is 36.4 Å². The summed E-state index contributed by atoms with van der Waals surface area (Å²) in [4.78, 5) is 26.4. The summed E-state index contributed by atoms with van der Waals surface area (Å²) in [7, 11) is 3.72. The van der Waals surface area contributed by atoms with E-state index in [1.165, 1.54) is 19.1 Å². The van der Waals surface area contributed by atoms with E-state index in [0.29, 0.717) is 10.6 Å². The second kappa shape index (κ2) is 8.62. The van der Waals surface area contributed by atoms with Gasteiger partial charge in [0.15, 0.2) is 6.10 Å². The minimum absolute atomic E-state index is 0.188. The maximum atomic E-state index is 12.3. The third-order valence-electron chi connectivity index (χ3n) is 3.51. The van der Waals surface area contributed by atoms with Crippen LogP contribution in [-0.2, 0) is 9.53 Å². The lowest BCUT2D eigenvalue weighted by molar-refractivity contribution is -0.123. The van der Waals surface area contributed by atoms with Crippen molar-refractivity contribution in [3.05, 3.63) is 57.0 Å². The van der Waals surface area contributed by atoms with Crippen molar-refractivity contribution in [2.75, 3.05) is 24.3 Å². The Balaban J connectivity index is 2.07. The van der Waals surface area contributed by atoms with Crippen molar-refractivity contribution in [3.63, 3.8) is 0 Å². The molecule has 0 fully saturated rings. The molecule has 0 bridgehead atoms. The Bertz CT molecular complexity index is 817. The fourth-order valence-electron chi connectivity index (χ4n) is 2.08. The lowest BCUT2D eigenvalue weighted by Crippen LogP contribution is -2.30. The normalized spacial score (nSPS) is 11.6. The lowest BCUT2D eigenvalue weighted by atomic mass is 10.2. The molecule has 1 N–H and O–H groups in total. The molecule has 0 radical (unpaired) electrons. The number of carbonyl (C=O) groups is 2. The molecule has 138 valence electrons. The zero-order chi connectivity index (χ0) is 19.4. The van der Waals surface area contributed by atoms with Crippen LogP contribution < -0.4 is 10.2 Å². The summed E-state index contributed by atoms with van der Waals surface area (Å²) < 4.78 is 5.23. The van der Waals surface area contributed by atoms with Gasteiger partial charge in [-0.15, -0.1) is 0 Å². The molecule has 0 aliphatic heterocycles. The lowest BCUT2D eigenvalue weighted by Gasteiger charge is -2.16. The third-order valence-corrected chi connectivity index (χ3v) is 4.32. The topological polar surface area (TPSA) is 58.6 Å². The van der Waals surface area contributed by atoms with E-state index in [1.807, 2.05) is 25.1 Å². The van der Waals surface area contributed by atoms with Gasteiger partial charge in [0.25, 0.3) is 5.91 Å². The van der Waals surface area contributed by atoms with E-state index in [1.54, 1.807) is 18.2 Å². The van der Waals surface area contributed by atoms with Crippen molar-refractivity contribution in [3.8, 4) is 0 Å². The molecule has 0 saturated heterocycles. The number of esters is 1. The summed E-state index contributed by atoms with van der Waals surface area (Å²) in [5.74, 6) is -1.17. The fourth-order valence-corrected chi connectivity index (χ4v) is 2.99. The Labute approximate surface area is 166 Å². The fraction of sp³-hybridized carbons (Fsp3) is 0.222. The molecule has 5 nitrogen and oxygen atoms in total. The number of hydrogen-bond acceptors (Lipinski definition) is 4. The van der Waals surface area contributed by atoms with Gasteiger partial charge in [-0.2, -0.15) is 0 Å². The van der Waals surface area contributed by atoms with Crippen LogP contribution in [-0.4, -0.2) is 32.1 Å². The standard InChI is InChI=1S/C18H17Cl3N2O3/c1-10(17(24)22-16-14(20)8-12(19)9-15(16)21)26-18(25)11-5-4-6-13(7-11)23(2)3/h4-10H,1-3H3,(H,22,24)/t10-/m0/s1. The molecule has 8 heteroatoms. The number of anilines is 2. The SMILES string of the molecule is C[C@H](OC(=O)c1cccc(N(C)C)c1)C(=O)Nc1c(Cl)cc(Cl)cc1Cl. The van der Waals surface area contributed by atoms with Gasteiger partial charge >= 0.3 is 5.97 Å². The average molecular weight is 416 g/mol. The van der Waals surface area contributed by atoms with Crippen LogP contribution in [0.25, 0.3) is 0 Å². The highest BCUT2D eigenvalue weighted by Gasteiger charge is 2.21. The third kappa shape index (κ3) is 5.04. The highest BCUT2D eigenvalue weighted by molar-refractivity contribution is 6.42. The molecule has 26 heavy (non-hydrogen) atoms. The molecule has 2 aromatic rings. The molecule has 0 unspecified atom stereocenters. The van der Waals surface area contributed by atoms with E-state index in [2.05, 4.69) is 5.32 Å². The van der Waals surface area contributed by atoms with Gasteiger partial charge in [-0.05, 0) is 37.3 Å². The van der Waals surface area contributed by atoms with Crippen LogP contribution in [0, 0.1) is 0 Å². The first-order chi connectivity index (χ1) is 12.2. The summed E-state index contributed by atoms with van der Waals surface area (Å²) in [6, 6.07) is 9.80. The Kier molecular flexibility index (Phi) is 6.75. The Hall–Kier alpha value is -1.95. The number of amides is 1. The summed E-state index contributed by atoms with van der Waals surface area (Å²) >= 11 is 17.9. The highest BCUT2D eigenvalue weighted by atomic mass is 35.5. The summed E-state index contributed by atoms with van der Waals surface area (Å²) in [6.07, 6.45) is -1.05. The van der Waals surface area contributed by atoms with Gasteiger partial charge in [-0.25, -0.2) is 4.79 Å². The van der Waals surface area contributed by atoms with Crippen LogP contribution >= 0.6 is 34.8 Å². The van der Waals surface area contributed by atoms with E-state index >= 15 is 0 Å². The van der Waals surface area contributed by atoms with Crippen LogP contribution in [0.1, 0.15) is 17.3 Å². The molecular weight excluding hydrogens is 399 g/mol. The number of halogens is 3. The smallest absolute Gasteiger partial charge is 0.338 e. The first-order valence-electron chi connectivity index (χ1n) is 7.63. The van der Waals surface area contributed by atoms with Gasteiger partial charge < -0.3 is 15.0 Å². The molecule has 0 spiro atoms.